The molecule has 0 fully saturated rings. The summed E-state index contributed by atoms with van der Waals surface area (Å²) >= 11 is 5.45. The van der Waals surface area contributed by atoms with Crippen LogP contribution in [0.3, 0.4) is 0 Å². The Labute approximate surface area is 409 Å². The molecule has 0 spiro atoms. The maximum atomic E-state index is 6.90. The Morgan fingerprint density at radius 2 is 0.794 bits per heavy atom. The molecule has 0 aliphatic rings. The van der Waals surface area contributed by atoms with Gasteiger partial charge in [0.2, 0.25) is 0 Å². The first-order valence-electron chi connectivity index (χ1n) is 22.7. The molecule has 322 valence electrons. The van der Waals surface area contributed by atoms with Gasteiger partial charge in [0.1, 0.15) is 0 Å². The van der Waals surface area contributed by atoms with Crippen molar-refractivity contribution in [1.29, 1.82) is 0 Å². The summed E-state index contributed by atoms with van der Waals surface area (Å²) in [5, 5.41) is 8.65. The molecular weight excluding hydrogens is 963 g/mol. The number of benzene rings is 11. The zero-order valence-corrected chi connectivity index (χ0v) is 40.3. The molecule has 0 radical (unpaired) electrons. The van der Waals surface area contributed by atoms with Crippen molar-refractivity contribution >= 4 is 140 Å². The molecule has 11 aromatic carbocycles. The molecule has 0 unspecified atom stereocenters. The maximum absolute atomic E-state index is 6.90. The number of nitrogens with zero attached hydrogens (tertiary/aromatic N) is 2. The molecule has 6 heteroatoms. The Balaban J connectivity index is 0.890. The van der Waals surface area contributed by atoms with Crippen molar-refractivity contribution in [2.24, 2.45) is 0 Å². The van der Waals surface area contributed by atoms with Gasteiger partial charge in [0.15, 0.2) is 0 Å². The zero-order valence-electron chi connectivity index (χ0n) is 36.5. The number of hydrogen-bond donors (Lipinski definition) is 0. The van der Waals surface area contributed by atoms with Crippen LogP contribution in [-0.2, 0) is 0 Å². The molecule has 0 aliphatic carbocycles. The van der Waals surface area contributed by atoms with E-state index < -0.39 is 0 Å². The molecule has 13 aromatic rings. The minimum absolute atomic E-state index is 0.804. The Morgan fingerprint density at radius 1 is 0.294 bits per heavy atom. The van der Waals surface area contributed by atoms with Crippen molar-refractivity contribution in [1.82, 2.24) is 0 Å². The fourth-order valence-electron chi connectivity index (χ4n) is 9.91. The zero-order chi connectivity index (χ0) is 45.3. The third kappa shape index (κ3) is 6.97. The van der Waals surface area contributed by atoms with E-state index in [1.807, 2.05) is 0 Å². The number of fused-ring (bicyclic) bond motifs is 9. The van der Waals surface area contributed by atoms with Crippen LogP contribution in [-0.4, -0.2) is 32.0 Å². The second-order valence-electron chi connectivity index (χ2n) is 17.3. The van der Waals surface area contributed by atoms with Crippen LogP contribution in [0.15, 0.2) is 239 Å². The first kappa shape index (κ1) is 40.5. The van der Waals surface area contributed by atoms with Gasteiger partial charge in [-0.25, -0.2) is 0 Å². The van der Waals surface area contributed by atoms with Gasteiger partial charge in [-0.1, -0.05) is 0 Å². The van der Waals surface area contributed by atoms with Crippen molar-refractivity contribution in [2.45, 2.75) is 0 Å². The van der Waals surface area contributed by atoms with Gasteiger partial charge in [-0.2, -0.15) is 0 Å². The normalized spacial score (nSPS) is 11.7. The topological polar surface area (TPSA) is 32.8 Å². The summed E-state index contributed by atoms with van der Waals surface area (Å²) in [5.74, 6) is 0. The third-order valence-electron chi connectivity index (χ3n) is 13.2. The van der Waals surface area contributed by atoms with E-state index in [1.54, 1.807) is 0 Å². The minimum atomic E-state index is 0.804. The molecule has 4 nitrogen and oxygen atoms in total. The van der Waals surface area contributed by atoms with Crippen molar-refractivity contribution in [3.05, 3.63) is 231 Å². The second kappa shape index (κ2) is 16.5. The summed E-state index contributed by atoms with van der Waals surface area (Å²) in [4.78, 5) is 4.64. The van der Waals surface area contributed by atoms with Crippen LogP contribution in [0.5, 0.6) is 0 Å². The van der Waals surface area contributed by atoms with Crippen LogP contribution in [0.1, 0.15) is 0 Å². The molecule has 0 atom stereocenters. The van der Waals surface area contributed by atoms with E-state index in [1.165, 1.54) is 26.7 Å². The molecule has 0 N–H and O–H groups in total. The first-order valence-corrected chi connectivity index (χ1v) is 24.5. The van der Waals surface area contributed by atoms with Crippen LogP contribution in [0, 0.1) is 0 Å². The van der Waals surface area contributed by atoms with Crippen LogP contribution in [0.25, 0.3) is 87.7 Å². The van der Waals surface area contributed by atoms with E-state index in [2.05, 4.69) is 272 Å². The number of para-hydroxylation sites is 2. The summed E-state index contributed by atoms with van der Waals surface area (Å²) < 4.78 is 15.9. The molecular formula is C62H40N2O2Se2. The van der Waals surface area contributed by atoms with Crippen molar-refractivity contribution in [3.63, 3.8) is 0 Å². The Bertz CT molecular complexity index is 4050. The van der Waals surface area contributed by atoms with E-state index in [9.17, 15) is 0 Å². The predicted octanol–water partition coefficient (Wildman–Crippen LogP) is 15.1. The van der Waals surface area contributed by atoms with Gasteiger partial charge in [0.05, 0.1) is 0 Å². The molecule has 0 saturated carbocycles. The number of anilines is 6. The molecule has 0 bridgehead atoms. The average Bonchev–Trinajstić information content (AvgIpc) is 3.93. The summed E-state index contributed by atoms with van der Waals surface area (Å²) in [5.41, 5.74) is 14.6. The van der Waals surface area contributed by atoms with E-state index in [-0.39, 0.29) is 0 Å². The average molecular weight is 1000 g/mol. The van der Waals surface area contributed by atoms with Crippen LogP contribution < -0.4 is 18.7 Å². The van der Waals surface area contributed by atoms with Gasteiger partial charge in [-0.05, 0) is 6.07 Å². The molecule has 68 heavy (non-hydrogen) atoms. The quantitative estimate of drug-likeness (QED) is 0.142. The summed E-state index contributed by atoms with van der Waals surface area (Å²) in [6, 6.07) is 82.2. The van der Waals surface area contributed by atoms with Gasteiger partial charge in [0.25, 0.3) is 0 Å². The van der Waals surface area contributed by atoms with Crippen LogP contribution >= 0.6 is 0 Å². The van der Waals surface area contributed by atoms with E-state index in [4.69, 9.17) is 8.83 Å². The predicted molar refractivity (Wildman–Crippen MR) is 290 cm³/mol. The Morgan fingerprint density at radius 3 is 1.44 bits per heavy atom. The molecule has 13 rings (SSSR count). The van der Waals surface area contributed by atoms with Gasteiger partial charge < -0.3 is 4.42 Å². The van der Waals surface area contributed by atoms with Gasteiger partial charge in [-0.3, -0.25) is 0 Å². The number of rotatable bonds is 8. The molecule has 0 saturated heterocycles. The number of hydrogen-bond acceptors (Lipinski definition) is 4. The molecule has 0 aliphatic heterocycles. The van der Waals surface area contributed by atoms with E-state index in [0.29, 0.717) is 0 Å². The molecule has 2 heterocycles. The standard InChI is InChI=1S/C62H40N2O2Se2/c67-59-19-11-10-18-51(59)40-20-24-47(25-21-40)63(45-14-6-2-7-15-45)48-26-22-41-34-54-53-30-31-56-61(62(53)66-57(54)36-43(41)32-48)55-35-42-23-27-49(33-44(42)37-58(55)65-56)64(46-16-8-3-9-17-46)50-28-29-52(60(68)38-50)39-12-4-1-5-13-39/h1-38,67-68H. The number of furan rings is 2. The van der Waals surface area contributed by atoms with Crippen molar-refractivity contribution in [3.8, 4) is 22.3 Å². The summed E-state index contributed by atoms with van der Waals surface area (Å²) in [6.07, 6.45) is 0. The molecule has 2 aromatic heterocycles. The van der Waals surface area contributed by atoms with Gasteiger partial charge >= 0.3 is 391 Å². The van der Waals surface area contributed by atoms with Crippen LogP contribution in [0.2, 0.25) is 0 Å². The van der Waals surface area contributed by atoms with E-state index in [0.717, 1.165) is 104 Å². The second-order valence-corrected chi connectivity index (χ2v) is 19.3. The third-order valence-corrected chi connectivity index (χ3v) is 14.8. The Hall–Kier alpha value is -7.82. The summed E-state index contributed by atoms with van der Waals surface area (Å²) in [6.45, 7) is 0. The van der Waals surface area contributed by atoms with Crippen LogP contribution in [0.4, 0.5) is 34.1 Å². The monoisotopic (exact) mass is 1000 g/mol. The van der Waals surface area contributed by atoms with Crippen molar-refractivity contribution < 1.29 is 8.83 Å². The SMILES string of the molecule is [SeH]c1ccccc1-c1ccc(N(c2ccccc2)c2ccc3cc4c(cc3c2)oc2c4ccc3oc4cc5cc(N(c6ccccc6)c6ccc(-c7ccccc7)c([SeH])c6)ccc5cc4c32)cc1. The molecule has 0 amide bonds. The summed E-state index contributed by atoms with van der Waals surface area (Å²) in [7, 11) is 0. The van der Waals surface area contributed by atoms with Gasteiger partial charge in [0, 0.05) is 10.8 Å². The first-order chi connectivity index (χ1) is 33.5. The van der Waals surface area contributed by atoms with Crippen molar-refractivity contribution in [2.75, 3.05) is 9.80 Å². The fourth-order valence-corrected chi connectivity index (χ4v) is 11.2. The Kier molecular flexibility index (Phi) is 9.82. The fraction of sp³-hybridized carbons (Fsp3) is 0. The van der Waals surface area contributed by atoms with E-state index >= 15 is 0 Å². The van der Waals surface area contributed by atoms with Gasteiger partial charge in [-0.15, -0.1) is 0 Å².